The van der Waals surface area contributed by atoms with E-state index in [1.807, 2.05) is 6.07 Å². The summed E-state index contributed by atoms with van der Waals surface area (Å²) >= 11 is 1.44. The summed E-state index contributed by atoms with van der Waals surface area (Å²) in [7, 11) is 0. The molecule has 1 amide bonds. The lowest BCUT2D eigenvalue weighted by Crippen LogP contribution is -2.20. The number of anilines is 1. The Kier molecular flexibility index (Phi) is 5.14. The summed E-state index contributed by atoms with van der Waals surface area (Å²) in [5.41, 5.74) is 1.79. The van der Waals surface area contributed by atoms with Crippen LogP contribution in [-0.4, -0.2) is 29.6 Å². The number of carboxylic acids is 1. The summed E-state index contributed by atoms with van der Waals surface area (Å²) in [5.74, 6) is -2.00. The van der Waals surface area contributed by atoms with Gasteiger partial charge in [-0.2, -0.15) is 0 Å². The Balaban J connectivity index is 1.52. The molecule has 0 spiro atoms. The van der Waals surface area contributed by atoms with Crippen molar-refractivity contribution in [3.8, 4) is 0 Å². The molecule has 0 aliphatic heterocycles. The van der Waals surface area contributed by atoms with Crippen LogP contribution in [-0.2, 0) is 22.4 Å². The third-order valence-electron chi connectivity index (χ3n) is 3.95. The maximum absolute atomic E-state index is 12.1. The highest BCUT2D eigenvalue weighted by Gasteiger charge is 2.19. The van der Waals surface area contributed by atoms with E-state index in [0.717, 1.165) is 25.7 Å². The summed E-state index contributed by atoms with van der Waals surface area (Å²) in [6, 6.07) is 7.61. The molecule has 3 rings (SSSR count). The van der Waals surface area contributed by atoms with E-state index in [1.54, 1.807) is 0 Å². The van der Waals surface area contributed by atoms with Gasteiger partial charge in [0.05, 0.1) is 5.56 Å². The summed E-state index contributed by atoms with van der Waals surface area (Å²) in [6.45, 7) is -0.387. The van der Waals surface area contributed by atoms with Gasteiger partial charge in [0.1, 0.15) is 4.88 Å². The number of nitrogens with one attached hydrogen (secondary N) is 1. The molecule has 0 saturated carbocycles. The van der Waals surface area contributed by atoms with Crippen molar-refractivity contribution >= 4 is 34.9 Å². The number of thiophene rings is 1. The molecule has 0 saturated heterocycles. The third-order valence-corrected chi connectivity index (χ3v) is 5.16. The van der Waals surface area contributed by atoms with Crippen molar-refractivity contribution in [2.24, 2.45) is 0 Å². The van der Waals surface area contributed by atoms with Crippen LogP contribution in [0.4, 0.5) is 5.69 Å². The Labute approximate surface area is 148 Å². The Bertz CT molecular complexity index is 786. The molecule has 7 heteroatoms. The normalized spacial score (nSPS) is 13.0. The van der Waals surface area contributed by atoms with E-state index in [4.69, 9.17) is 9.84 Å². The number of aromatic carboxylic acids is 1. The molecule has 1 aliphatic rings. The summed E-state index contributed by atoms with van der Waals surface area (Å²) < 4.78 is 5.07. The van der Waals surface area contributed by atoms with Crippen LogP contribution in [0, 0.1) is 0 Å². The van der Waals surface area contributed by atoms with Crippen molar-refractivity contribution in [3.05, 3.63) is 51.2 Å². The highest BCUT2D eigenvalue weighted by Crippen LogP contribution is 2.30. The number of ether oxygens (including phenoxy) is 1. The first-order valence-corrected chi connectivity index (χ1v) is 8.76. The SMILES string of the molecule is O=C(COC(=O)c1cc2c(s1)CCCC2)Nc1ccc(C(=O)O)cc1. The number of carbonyl (C=O) groups excluding carboxylic acids is 2. The molecule has 130 valence electrons. The maximum Gasteiger partial charge on any atom is 0.348 e. The van der Waals surface area contributed by atoms with Crippen LogP contribution in [0.3, 0.4) is 0 Å². The second-order valence-electron chi connectivity index (χ2n) is 5.77. The fourth-order valence-electron chi connectivity index (χ4n) is 2.69. The molecule has 0 unspecified atom stereocenters. The van der Waals surface area contributed by atoms with Crippen LogP contribution >= 0.6 is 11.3 Å². The molecule has 1 aromatic carbocycles. The molecule has 0 radical (unpaired) electrons. The zero-order valence-electron chi connectivity index (χ0n) is 13.4. The molecule has 1 heterocycles. The first-order valence-electron chi connectivity index (χ1n) is 7.95. The van der Waals surface area contributed by atoms with Crippen molar-refractivity contribution in [2.45, 2.75) is 25.7 Å². The molecule has 1 aliphatic carbocycles. The van der Waals surface area contributed by atoms with Gasteiger partial charge in [-0.05, 0) is 61.6 Å². The number of fused-ring (bicyclic) bond motifs is 1. The number of amides is 1. The highest BCUT2D eigenvalue weighted by molar-refractivity contribution is 7.14. The Morgan fingerprint density at radius 3 is 2.52 bits per heavy atom. The molecule has 1 aromatic heterocycles. The minimum absolute atomic E-state index is 0.131. The topological polar surface area (TPSA) is 92.7 Å². The summed E-state index contributed by atoms with van der Waals surface area (Å²) in [5, 5.41) is 11.4. The molecular weight excluding hydrogens is 342 g/mol. The predicted octanol–water partition coefficient (Wildman–Crippen LogP) is 3.12. The van der Waals surface area contributed by atoms with E-state index in [1.165, 1.54) is 46.0 Å². The number of rotatable bonds is 5. The summed E-state index contributed by atoms with van der Waals surface area (Å²) in [6.07, 6.45) is 4.28. The monoisotopic (exact) mass is 359 g/mol. The van der Waals surface area contributed by atoms with Gasteiger partial charge >= 0.3 is 11.9 Å². The lowest BCUT2D eigenvalue weighted by molar-refractivity contribution is -0.119. The van der Waals surface area contributed by atoms with E-state index >= 15 is 0 Å². The molecule has 0 atom stereocenters. The number of benzene rings is 1. The number of aryl methyl sites for hydroxylation is 2. The Morgan fingerprint density at radius 2 is 1.84 bits per heavy atom. The fraction of sp³-hybridized carbons (Fsp3) is 0.278. The van der Waals surface area contributed by atoms with Gasteiger partial charge in [0, 0.05) is 10.6 Å². The lowest BCUT2D eigenvalue weighted by atomic mass is 9.99. The van der Waals surface area contributed by atoms with E-state index in [2.05, 4.69) is 5.32 Å². The van der Waals surface area contributed by atoms with E-state index < -0.39 is 17.8 Å². The van der Waals surface area contributed by atoms with Crippen molar-refractivity contribution in [2.75, 3.05) is 11.9 Å². The van der Waals surface area contributed by atoms with Gasteiger partial charge in [0.15, 0.2) is 6.61 Å². The number of carbonyl (C=O) groups is 3. The van der Waals surface area contributed by atoms with Gasteiger partial charge in [0.25, 0.3) is 5.91 Å². The first kappa shape index (κ1) is 17.2. The van der Waals surface area contributed by atoms with Gasteiger partial charge in [0.2, 0.25) is 0 Å². The van der Waals surface area contributed by atoms with E-state index in [0.29, 0.717) is 10.6 Å². The second kappa shape index (κ2) is 7.48. The average molecular weight is 359 g/mol. The van der Waals surface area contributed by atoms with Crippen LogP contribution in [0.5, 0.6) is 0 Å². The molecule has 0 bridgehead atoms. The average Bonchev–Trinajstić information content (AvgIpc) is 3.04. The fourth-order valence-corrected chi connectivity index (χ4v) is 3.83. The summed E-state index contributed by atoms with van der Waals surface area (Å²) in [4.78, 5) is 36.5. The molecular formula is C18H17NO5S. The number of hydrogen-bond acceptors (Lipinski definition) is 5. The third kappa shape index (κ3) is 4.24. The number of hydrogen-bond donors (Lipinski definition) is 2. The largest absolute Gasteiger partial charge is 0.478 e. The lowest BCUT2D eigenvalue weighted by Gasteiger charge is -2.08. The van der Waals surface area contributed by atoms with Gasteiger partial charge in [-0.1, -0.05) is 0 Å². The van der Waals surface area contributed by atoms with Crippen molar-refractivity contribution in [1.29, 1.82) is 0 Å². The molecule has 6 nitrogen and oxygen atoms in total. The van der Waals surface area contributed by atoms with Crippen molar-refractivity contribution in [1.82, 2.24) is 0 Å². The molecule has 2 aromatic rings. The Morgan fingerprint density at radius 1 is 1.12 bits per heavy atom. The standard InChI is InChI=1S/C18H17NO5S/c20-16(19-13-7-5-11(6-8-13)17(21)22)10-24-18(23)15-9-12-3-1-2-4-14(12)25-15/h5-9H,1-4,10H2,(H,19,20)(H,21,22). The first-order chi connectivity index (χ1) is 12.0. The minimum atomic E-state index is -1.04. The molecule has 0 fully saturated rings. The van der Waals surface area contributed by atoms with Gasteiger partial charge in [-0.25, -0.2) is 9.59 Å². The second-order valence-corrected chi connectivity index (χ2v) is 6.91. The highest BCUT2D eigenvalue weighted by atomic mass is 32.1. The van der Waals surface area contributed by atoms with Crippen LogP contribution < -0.4 is 5.32 Å². The van der Waals surface area contributed by atoms with E-state index in [9.17, 15) is 14.4 Å². The smallest absolute Gasteiger partial charge is 0.348 e. The zero-order chi connectivity index (χ0) is 17.8. The van der Waals surface area contributed by atoms with Crippen LogP contribution in [0.15, 0.2) is 30.3 Å². The van der Waals surface area contributed by atoms with Gasteiger partial charge < -0.3 is 15.2 Å². The van der Waals surface area contributed by atoms with Crippen LogP contribution in [0.25, 0.3) is 0 Å². The maximum atomic E-state index is 12.1. The number of carboxylic acid groups (broad SMARTS) is 1. The molecule has 2 N–H and O–H groups in total. The van der Waals surface area contributed by atoms with Crippen molar-refractivity contribution in [3.63, 3.8) is 0 Å². The van der Waals surface area contributed by atoms with E-state index in [-0.39, 0.29) is 12.2 Å². The zero-order valence-corrected chi connectivity index (χ0v) is 14.2. The van der Waals surface area contributed by atoms with Gasteiger partial charge in [-0.3, -0.25) is 4.79 Å². The minimum Gasteiger partial charge on any atom is -0.478 e. The van der Waals surface area contributed by atoms with Crippen molar-refractivity contribution < 1.29 is 24.2 Å². The quantitative estimate of drug-likeness (QED) is 0.800. The molecule has 25 heavy (non-hydrogen) atoms. The Hall–Kier alpha value is -2.67. The number of esters is 1. The van der Waals surface area contributed by atoms with Crippen LogP contribution in [0.1, 0.15) is 43.3 Å². The van der Waals surface area contributed by atoms with Gasteiger partial charge in [-0.15, -0.1) is 11.3 Å². The van der Waals surface area contributed by atoms with Crippen LogP contribution in [0.2, 0.25) is 0 Å². The predicted molar refractivity (Wildman–Crippen MR) is 93.3 cm³/mol.